The molecule has 1 atom stereocenters. The van der Waals surface area contributed by atoms with E-state index in [0.717, 1.165) is 0 Å². The minimum Gasteiger partial charge on any atom is -0.352 e. The molecule has 0 spiro atoms. The van der Waals surface area contributed by atoms with Crippen LogP contribution in [0.5, 0.6) is 0 Å². The largest absolute Gasteiger partial charge is 0.352 e. The summed E-state index contributed by atoms with van der Waals surface area (Å²) in [5.74, 6) is 0.0513. The maximum atomic E-state index is 11.3. The molecule has 0 saturated carbocycles. The van der Waals surface area contributed by atoms with Gasteiger partial charge in [-0.15, -0.1) is 0 Å². The maximum absolute atomic E-state index is 11.3. The summed E-state index contributed by atoms with van der Waals surface area (Å²) in [6, 6.07) is 0.0710. The van der Waals surface area contributed by atoms with E-state index in [1.807, 2.05) is 27.7 Å². The van der Waals surface area contributed by atoms with Crippen molar-refractivity contribution in [1.29, 1.82) is 0 Å². The van der Waals surface area contributed by atoms with Crippen LogP contribution in [-0.4, -0.2) is 18.5 Å². The van der Waals surface area contributed by atoms with Crippen molar-refractivity contribution in [2.45, 2.75) is 33.7 Å². The summed E-state index contributed by atoms with van der Waals surface area (Å²) in [6.45, 7) is 8.02. The molecule has 0 aromatic heterocycles. The molecule has 1 amide bonds. The number of nitrogens with two attached hydrogens (primary N) is 1. The molecule has 0 aliphatic heterocycles. The highest BCUT2D eigenvalue weighted by molar-refractivity contribution is 5.81. The van der Waals surface area contributed by atoms with Gasteiger partial charge in [0.05, 0.1) is 0 Å². The fraction of sp³-hybridized carbons (Fsp3) is 0.875. The van der Waals surface area contributed by atoms with Gasteiger partial charge in [-0.05, 0) is 6.92 Å². The first-order chi connectivity index (χ1) is 4.88. The molecular formula is C8H18N2O. The normalized spacial score (nSPS) is 14.3. The quantitative estimate of drug-likeness (QED) is 0.614. The van der Waals surface area contributed by atoms with Gasteiger partial charge in [-0.1, -0.05) is 20.8 Å². The smallest absolute Gasteiger partial charge is 0.225 e. The SMILES string of the molecule is CC(CN)NC(=O)C(C)(C)C. The van der Waals surface area contributed by atoms with Gasteiger partial charge < -0.3 is 11.1 Å². The van der Waals surface area contributed by atoms with E-state index in [4.69, 9.17) is 5.73 Å². The number of carbonyl (C=O) groups is 1. The Hall–Kier alpha value is -0.570. The summed E-state index contributed by atoms with van der Waals surface area (Å²) in [4.78, 5) is 11.3. The summed E-state index contributed by atoms with van der Waals surface area (Å²) < 4.78 is 0. The summed E-state index contributed by atoms with van der Waals surface area (Å²) in [5.41, 5.74) is 5.03. The van der Waals surface area contributed by atoms with Crippen molar-refractivity contribution in [3.8, 4) is 0 Å². The van der Waals surface area contributed by atoms with Gasteiger partial charge >= 0.3 is 0 Å². The van der Waals surface area contributed by atoms with Gasteiger partial charge in [0.1, 0.15) is 0 Å². The molecule has 66 valence electrons. The van der Waals surface area contributed by atoms with Crippen molar-refractivity contribution in [3.63, 3.8) is 0 Å². The summed E-state index contributed by atoms with van der Waals surface area (Å²) in [6.07, 6.45) is 0. The second-order valence-corrected chi connectivity index (χ2v) is 3.86. The van der Waals surface area contributed by atoms with Crippen LogP contribution in [0.2, 0.25) is 0 Å². The van der Waals surface area contributed by atoms with Gasteiger partial charge in [-0.25, -0.2) is 0 Å². The first-order valence-corrected chi connectivity index (χ1v) is 3.89. The van der Waals surface area contributed by atoms with Crippen LogP contribution >= 0.6 is 0 Å². The van der Waals surface area contributed by atoms with Gasteiger partial charge in [0.15, 0.2) is 0 Å². The number of carbonyl (C=O) groups excluding carboxylic acids is 1. The lowest BCUT2D eigenvalue weighted by molar-refractivity contribution is -0.129. The van der Waals surface area contributed by atoms with Crippen LogP contribution in [0.3, 0.4) is 0 Å². The van der Waals surface area contributed by atoms with E-state index >= 15 is 0 Å². The zero-order chi connectivity index (χ0) is 9.07. The van der Waals surface area contributed by atoms with Crippen molar-refractivity contribution >= 4 is 5.91 Å². The summed E-state index contributed by atoms with van der Waals surface area (Å²) in [5, 5.41) is 2.81. The zero-order valence-corrected chi connectivity index (χ0v) is 7.77. The predicted octanol–water partition coefficient (Wildman–Crippen LogP) is 0.496. The van der Waals surface area contributed by atoms with Gasteiger partial charge in [-0.3, -0.25) is 4.79 Å². The monoisotopic (exact) mass is 158 g/mol. The molecule has 0 aromatic rings. The topological polar surface area (TPSA) is 55.1 Å². The molecule has 0 fully saturated rings. The van der Waals surface area contributed by atoms with Crippen molar-refractivity contribution in [2.24, 2.45) is 11.1 Å². The zero-order valence-electron chi connectivity index (χ0n) is 7.77. The Morgan fingerprint density at radius 2 is 2.00 bits per heavy atom. The average Bonchev–Trinajstić information content (AvgIpc) is 1.85. The van der Waals surface area contributed by atoms with E-state index in [1.54, 1.807) is 0 Å². The van der Waals surface area contributed by atoms with E-state index in [2.05, 4.69) is 5.32 Å². The number of amides is 1. The molecule has 0 aliphatic rings. The molecule has 0 saturated heterocycles. The van der Waals surface area contributed by atoms with Crippen LogP contribution in [0.4, 0.5) is 0 Å². The molecule has 3 heteroatoms. The van der Waals surface area contributed by atoms with Crippen molar-refractivity contribution < 1.29 is 4.79 Å². The van der Waals surface area contributed by atoms with Crippen LogP contribution in [0.1, 0.15) is 27.7 Å². The van der Waals surface area contributed by atoms with Crippen molar-refractivity contribution in [2.75, 3.05) is 6.54 Å². The van der Waals surface area contributed by atoms with Gasteiger partial charge in [-0.2, -0.15) is 0 Å². The van der Waals surface area contributed by atoms with Crippen LogP contribution in [0.15, 0.2) is 0 Å². The van der Waals surface area contributed by atoms with Crippen molar-refractivity contribution in [3.05, 3.63) is 0 Å². The first-order valence-electron chi connectivity index (χ1n) is 3.89. The number of rotatable bonds is 2. The lowest BCUT2D eigenvalue weighted by atomic mass is 9.95. The standard InChI is InChI=1S/C8H18N2O/c1-6(5-9)10-7(11)8(2,3)4/h6H,5,9H2,1-4H3,(H,10,11). The Balaban J connectivity index is 3.88. The van der Waals surface area contributed by atoms with E-state index in [9.17, 15) is 4.79 Å². The Bertz CT molecular complexity index is 138. The number of nitrogens with one attached hydrogen (secondary N) is 1. The minimum atomic E-state index is -0.316. The number of hydrogen-bond donors (Lipinski definition) is 2. The molecule has 0 aromatic carbocycles. The lowest BCUT2D eigenvalue weighted by Gasteiger charge is -2.20. The number of hydrogen-bond acceptors (Lipinski definition) is 2. The average molecular weight is 158 g/mol. The third kappa shape index (κ3) is 3.98. The summed E-state index contributed by atoms with van der Waals surface area (Å²) >= 11 is 0. The Morgan fingerprint density at radius 1 is 1.55 bits per heavy atom. The highest BCUT2D eigenvalue weighted by Gasteiger charge is 2.21. The molecule has 0 rings (SSSR count). The fourth-order valence-corrected chi connectivity index (χ4v) is 0.499. The van der Waals surface area contributed by atoms with Crippen LogP contribution < -0.4 is 11.1 Å². The molecule has 1 unspecified atom stereocenters. The predicted molar refractivity (Wildman–Crippen MR) is 46.1 cm³/mol. The third-order valence-corrected chi connectivity index (χ3v) is 1.41. The molecule has 0 bridgehead atoms. The molecule has 3 nitrogen and oxygen atoms in total. The third-order valence-electron chi connectivity index (χ3n) is 1.41. The molecule has 3 N–H and O–H groups in total. The molecule has 0 radical (unpaired) electrons. The molecule has 11 heavy (non-hydrogen) atoms. The first kappa shape index (κ1) is 10.4. The highest BCUT2D eigenvalue weighted by atomic mass is 16.2. The van der Waals surface area contributed by atoms with E-state index in [1.165, 1.54) is 0 Å². The minimum absolute atomic E-state index is 0.0513. The molecule has 0 aliphatic carbocycles. The fourth-order valence-electron chi connectivity index (χ4n) is 0.499. The second-order valence-electron chi connectivity index (χ2n) is 3.86. The van der Waals surface area contributed by atoms with Gasteiger partial charge in [0, 0.05) is 18.0 Å². The second kappa shape index (κ2) is 3.72. The van der Waals surface area contributed by atoms with E-state index in [-0.39, 0.29) is 17.4 Å². The highest BCUT2D eigenvalue weighted by Crippen LogP contribution is 2.12. The van der Waals surface area contributed by atoms with Gasteiger partial charge in [0.25, 0.3) is 0 Å². The molecule has 0 heterocycles. The molecular weight excluding hydrogens is 140 g/mol. The Morgan fingerprint density at radius 3 is 2.27 bits per heavy atom. The van der Waals surface area contributed by atoms with Gasteiger partial charge in [0.2, 0.25) is 5.91 Å². The van der Waals surface area contributed by atoms with E-state index in [0.29, 0.717) is 6.54 Å². The lowest BCUT2D eigenvalue weighted by Crippen LogP contribution is -2.43. The Labute approximate surface area is 68.3 Å². The van der Waals surface area contributed by atoms with Crippen molar-refractivity contribution in [1.82, 2.24) is 5.32 Å². The van der Waals surface area contributed by atoms with Crippen LogP contribution in [-0.2, 0) is 4.79 Å². The van der Waals surface area contributed by atoms with E-state index < -0.39 is 0 Å². The Kier molecular flexibility index (Phi) is 3.52. The summed E-state index contributed by atoms with van der Waals surface area (Å²) in [7, 11) is 0. The van der Waals surface area contributed by atoms with Crippen LogP contribution in [0, 0.1) is 5.41 Å². The van der Waals surface area contributed by atoms with Crippen LogP contribution in [0.25, 0.3) is 0 Å². The maximum Gasteiger partial charge on any atom is 0.225 e.